The minimum atomic E-state index is -2.64. The predicted molar refractivity (Wildman–Crippen MR) is 163 cm³/mol. The van der Waals surface area contributed by atoms with Crippen LogP contribution in [0.25, 0.3) is 0 Å². The largest absolute Gasteiger partial charge is 0.483 e. The molecule has 6 heteroatoms. The second kappa shape index (κ2) is 12.0. The highest BCUT2D eigenvalue weighted by atomic mass is 28.4. The van der Waals surface area contributed by atoms with E-state index < -0.39 is 8.32 Å². The zero-order valence-corrected chi connectivity index (χ0v) is 24.9. The lowest BCUT2D eigenvalue weighted by molar-refractivity contribution is -0.0207. The van der Waals surface area contributed by atoms with E-state index in [0.717, 1.165) is 24.1 Å². The molecule has 0 unspecified atom stereocenters. The number of benzene rings is 3. The van der Waals surface area contributed by atoms with Crippen molar-refractivity contribution >= 4 is 18.7 Å². The molecule has 5 nitrogen and oxygen atoms in total. The van der Waals surface area contributed by atoms with Crippen LogP contribution in [0, 0.1) is 6.92 Å². The Labute approximate surface area is 238 Å². The third-order valence-electron chi connectivity index (χ3n) is 7.85. The molecule has 3 aromatic carbocycles. The van der Waals surface area contributed by atoms with Gasteiger partial charge >= 0.3 is 0 Å². The third kappa shape index (κ3) is 5.71. The summed E-state index contributed by atoms with van der Waals surface area (Å²) >= 11 is 0. The van der Waals surface area contributed by atoms with E-state index in [1.54, 1.807) is 6.07 Å². The highest BCUT2D eigenvalue weighted by molar-refractivity contribution is 6.99. The lowest BCUT2D eigenvalue weighted by Crippen LogP contribution is -2.67. The van der Waals surface area contributed by atoms with E-state index in [2.05, 4.69) is 81.4 Å². The summed E-state index contributed by atoms with van der Waals surface area (Å²) in [6.07, 6.45) is 3.33. The topological polar surface area (TPSA) is 49.7 Å². The van der Waals surface area contributed by atoms with Crippen molar-refractivity contribution in [2.75, 3.05) is 6.61 Å². The van der Waals surface area contributed by atoms with Crippen LogP contribution in [-0.4, -0.2) is 25.6 Å². The summed E-state index contributed by atoms with van der Waals surface area (Å²) < 4.78 is 21.7. The number of ether oxygens (including phenoxy) is 2. The maximum atomic E-state index is 12.7. The second-order valence-corrected chi connectivity index (χ2v) is 15.8. The third-order valence-corrected chi connectivity index (χ3v) is 12.9. The zero-order valence-electron chi connectivity index (χ0n) is 23.9. The summed E-state index contributed by atoms with van der Waals surface area (Å²) in [6, 6.07) is 32.9. The molecular weight excluding hydrogens is 514 g/mol. The highest BCUT2D eigenvalue weighted by Crippen LogP contribution is 2.38. The molecule has 2 heterocycles. The van der Waals surface area contributed by atoms with Gasteiger partial charge in [0.2, 0.25) is 5.43 Å². The van der Waals surface area contributed by atoms with E-state index in [4.69, 9.17) is 13.9 Å². The van der Waals surface area contributed by atoms with Crippen LogP contribution in [0.2, 0.25) is 5.04 Å². The Balaban J connectivity index is 1.35. The molecule has 1 aliphatic rings. The molecule has 0 aliphatic carbocycles. The fourth-order valence-corrected chi connectivity index (χ4v) is 10.4. The second-order valence-electron chi connectivity index (χ2n) is 11.5. The van der Waals surface area contributed by atoms with E-state index in [1.807, 2.05) is 48.0 Å². The summed E-state index contributed by atoms with van der Waals surface area (Å²) in [4.78, 5) is 12.7. The van der Waals surface area contributed by atoms with Crippen LogP contribution in [0.3, 0.4) is 0 Å². The van der Waals surface area contributed by atoms with E-state index in [0.29, 0.717) is 19.0 Å². The molecule has 0 amide bonds. The maximum Gasteiger partial charge on any atom is 0.261 e. The SMILES string of the molecule is Cc1c(OCc2ccccc2)c(=O)ccn1[C@H]1CC[C@@H](CO[Si](c2ccccc2)(c2ccccc2)C(C)(C)C)O1. The van der Waals surface area contributed by atoms with Crippen LogP contribution in [0.1, 0.15) is 51.1 Å². The van der Waals surface area contributed by atoms with Gasteiger partial charge in [-0.05, 0) is 40.7 Å². The van der Waals surface area contributed by atoms with Gasteiger partial charge in [-0.2, -0.15) is 0 Å². The maximum absolute atomic E-state index is 12.7. The van der Waals surface area contributed by atoms with Gasteiger partial charge in [0.25, 0.3) is 8.32 Å². The van der Waals surface area contributed by atoms with Gasteiger partial charge < -0.3 is 18.5 Å². The Hall–Kier alpha value is -3.45. The van der Waals surface area contributed by atoms with Crippen molar-refractivity contribution in [2.24, 2.45) is 0 Å². The van der Waals surface area contributed by atoms with Gasteiger partial charge in [0.05, 0.1) is 18.4 Å². The van der Waals surface area contributed by atoms with Gasteiger partial charge in [-0.15, -0.1) is 0 Å². The average Bonchev–Trinajstić information content (AvgIpc) is 3.43. The number of aromatic nitrogens is 1. The van der Waals surface area contributed by atoms with Crippen molar-refractivity contribution in [3.8, 4) is 5.75 Å². The molecule has 0 radical (unpaired) electrons. The minimum absolute atomic E-state index is 0.0424. The Kier molecular flexibility index (Phi) is 8.40. The Morgan fingerprint density at radius 3 is 2.00 bits per heavy atom. The molecule has 0 bridgehead atoms. The molecular formula is C34H39NO4Si. The Morgan fingerprint density at radius 2 is 1.43 bits per heavy atom. The first kappa shape index (κ1) is 28.1. The number of hydrogen-bond donors (Lipinski definition) is 0. The molecule has 5 rings (SSSR count). The molecule has 1 aromatic heterocycles. The summed E-state index contributed by atoms with van der Waals surface area (Å²) in [5, 5.41) is 2.44. The van der Waals surface area contributed by atoms with Crippen LogP contribution in [0.4, 0.5) is 0 Å². The zero-order chi connectivity index (χ0) is 28.2. The highest BCUT2D eigenvalue weighted by Gasteiger charge is 2.50. The van der Waals surface area contributed by atoms with Crippen LogP contribution >= 0.6 is 0 Å². The van der Waals surface area contributed by atoms with Gasteiger partial charge in [-0.3, -0.25) is 4.79 Å². The van der Waals surface area contributed by atoms with Crippen LogP contribution in [0.5, 0.6) is 5.75 Å². The summed E-state index contributed by atoms with van der Waals surface area (Å²) in [5.41, 5.74) is 1.69. The molecule has 1 aliphatic heterocycles. The average molecular weight is 554 g/mol. The van der Waals surface area contributed by atoms with Crippen LogP contribution in [-0.2, 0) is 15.8 Å². The van der Waals surface area contributed by atoms with Crippen LogP contribution in [0.15, 0.2) is 108 Å². The molecule has 0 N–H and O–H groups in total. The minimum Gasteiger partial charge on any atom is -0.483 e. The molecule has 4 aromatic rings. The molecule has 0 saturated carbocycles. The van der Waals surface area contributed by atoms with Crippen molar-refractivity contribution in [3.63, 3.8) is 0 Å². The Bertz CT molecular complexity index is 1410. The molecule has 1 fully saturated rings. The van der Waals surface area contributed by atoms with Crippen molar-refractivity contribution in [1.82, 2.24) is 4.57 Å². The monoisotopic (exact) mass is 553 g/mol. The van der Waals surface area contributed by atoms with Crippen molar-refractivity contribution in [1.29, 1.82) is 0 Å². The first-order valence-electron chi connectivity index (χ1n) is 14.1. The number of nitrogens with zero attached hydrogens (tertiary/aromatic N) is 1. The smallest absolute Gasteiger partial charge is 0.261 e. The fraction of sp³-hybridized carbons (Fsp3) is 0.324. The van der Waals surface area contributed by atoms with Gasteiger partial charge in [-0.25, -0.2) is 0 Å². The number of hydrogen-bond acceptors (Lipinski definition) is 4. The Morgan fingerprint density at radius 1 is 0.850 bits per heavy atom. The van der Waals surface area contributed by atoms with Gasteiger partial charge in [0.1, 0.15) is 12.8 Å². The van der Waals surface area contributed by atoms with Crippen molar-refractivity contribution in [2.45, 2.75) is 64.5 Å². The van der Waals surface area contributed by atoms with Gasteiger partial charge in [-0.1, -0.05) is 112 Å². The van der Waals surface area contributed by atoms with Crippen molar-refractivity contribution < 1.29 is 13.9 Å². The van der Waals surface area contributed by atoms with E-state index >= 15 is 0 Å². The normalized spacial score (nSPS) is 17.6. The molecule has 208 valence electrons. The lowest BCUT2D eigenvalue weighted by Gasteiger charge is -2.43. The molecule has 40 heavy (non-hydrogen) atoms. The van der Waals surface area contributed by atoms with Crippen molar-refractivity contribution in [3.05, 3.63) is 125 Å². The quantitative estimate of drug-likeness (QED) is 0.239. The molecule has 2 atom stereocenters. The number of pyridine rings is 1. The van der Waals surface area contributed by atoms with E-state index in [1.165, 1.54) is 10.4 Å². The summed E-state index contributed by atoms with van der Waals surface area (Å²) in [7, 11) is -2.64. The number of rotatable bonds is 9. The van der Waals surface area contributed by atoms with Gasteiger partial charge in [0.15, 0.2) is 5.75 Å². The van der Waals surface area contributed by atoms with E-state index in [9.17, 15) is 4.79 Å². The van der Waals surface area contributed by atoms with E-state index in [-0.39, 0.29) is 22.8 Å². The lowest BCUT2D eigenvalue weighted by atomic mass is 10.2. The summed E-state index contributed by atoms with van der Waals surface area (Å²) in [6.45, 7) is 9.66. The standard InChI is InChI=1S/C34H39NO4Si/c1-26-33(37-24-27-14-8-5-9-15-27)31(36)22-23-35(26)32-21-20-28(39-32)25-38-40(34(2,3)4,29-16-10-6-11-17-29)30-18-12-7-13-19-30/h5-19,22-23,28,32H,20-21,24-25H2,1-4H3/t28-,32+/m0/s1. The van der Waals surface area contributed by atoms with Gasteiger partial charge in [0, 0.05) is 12.3 Å². The first-order chi connectivity index (χ1) is 19.3. The van der Waals surface area contributed by atoms with Crippen LogP contribution < -0.4 is 20.5 Å². The molecule has 0 spiro atoms. The summed E-state index contributed by atoms with van der Waals surface area (Å²) in [5.74, 6) is 0.377. The fourth-order valence-electron chi connectivity index (χ4n) is 5.84. The molecule has 1 saturated heterocycles. The predicted octanol–water partition coefficient (Wildman–Crippen LogP) is 5.99. The first-order valence-corrected chi connectivity index (χ1v) is 16.0.